The van der Waals surface area contributed by atoms with E-state index in [2.05, 4.69) is 10.3 Å². The molecule has 2 unspecified atom stereocenters. The number of aromatic nitrogens is 1. The Balaban J connectivity index is 1.53. The fraction of sp³-hybridized carbons (Fsp3) is 0.345. The van der Waals surface area contributed by atoms with E-state index in [9.17, 15) is 32.3 Å². The summed E-state index contributed by atoms with van der Waals surface area (Å²) in [6.07, 6.45) is -6.91. The highest BCUT2D eigenvalue weighted by molar-refractivity contribution is 5.97. The molecule has 5 rings (SSSR count). The monoisotopic (exact) mass is 573 g/mol. The average molecular weight is 574 g/mol. The molecule has 216 valence electrons. The Kier molecular flexibility index (Phi) is 7.03. The van der Waals surface area contributed by atoms with Gasteiger partial charge >= 0.3 is 6.18 Å². The number of pyridine rings is 1. The average Bonchev–Trinajstić information content (AvgIpc) is 3.24. The van der Waals surface area contributed by atoms with Crippen molar-refractivity contribution in [2.24, 2.45) is 5.73 Å². The molecule has 2 aliphatic rings. The van der Waals surface area contributed by atoms with Crippen LogP contribution in [0.25, 0.3) is 11.3 Å². The first-order chi connectivity index (χ1) is 19.2. The van der Waals surface area contributed by atoms with Gasteiger partial charge in [0.05, 0.1) is 24.8 Å². The van der Waals surface area contributed by atoms with Gasteiger partial charge in [-0.2, -0.15) is 13.2 Å². The first kappa shape index (κ1) is 28.5. The van der Waals surface area contributed by atoms with Crippen LogP contribution in [-0.2, 0) is 28.9 Å². The zero-order valence-electron chi connectivity index (χ0n) is 22.2. The number of halogens is 4. The molecule has 8 nitrogen and oxygen atoms in total. The third kappa shape index (κ3) is 5.13. The van der Waals surface area contributed by atoms with E-state index in [1.807, 2.05) is 0 Å². The molecular formula is C29H27F4N3O5. The maximum absolute atomic E-state index is 14.6. The van der Waals surface area contributed by atoms with Crippen LogP contribution >= 0.6 is 0 Å². The highest BCUT2D eigenvalue weighted by atomic mass is 19.4. The van der Waals surface area contributed by atoms with Crippen molar-refractivity contribution in [1.29, 1.82) is 0 Å². The number of benzene rings is 2. The number of hydrogen-bond donors (Lipinski definition) is 3. The second-order valence-electron chi connectivity index (χ2n) is 10.5. The number of fused-ring (bicyclic) bond motifs is 2. The number of rotatable bonds is 7. The minimum Gasteiger partial charge on any atom is -0.496 e. The number of aliphatic hydroxyl groups is 1. The van der Waals surface area contributed by atoms with Crippen LogP contribution in [0.3, 0.4) is 0 Å². The van der Waals surface area contributed by atoms with Crippen molar-refractivity contribution in [2.75, 3.05) is 13.7 Å². The minimum atomic E-state index is -5.23. The van der Waals surface area contributed by atoms with E-state index in [4.69, 9.17) is 15.2 Å². The summed E-state index contributed by atoms with van der Waals surface area (Å²) in [4.78, 5) is 29.1. The summed E-state index contributed by atoms with van der Waals surface area (Å²) >= 11 is 0. The predicted octanol–water partition coefficient (Wildman–Crippen LogP) is 4.05. The van der Waals surface area contributed by atoms with Crippen LogP contribution in [0.4, 0.5) is 17.6 Å². The van der Waals surface area contributed by atoms with E-state index in [0.29, 0.717) is 11.1 Å². The number of hydrogen-bond acceptors (Lipinski definition) is 7. The molecule has 12 heteroatoms. The van der Waals surface area contributed by atoms with Gasteiger partial charge in [0.15, 0.2) is 11.5 Å². The van der Waals surface area contributed by atoms with Gasteiger partial charge in [0.1, 0.15) is 23.9 Å². The highest BCUT2D eigenvalue weighted by Gasteiger charge is 2.56. The second kappa shape index (κ2) is 10.1. The summed E-state index contributed by atoms with van der Waals surface area (Å²) in [6.45, 7) is 1.66. The predicted molar refractivity (Wildman–Crippen MR) is 139 cm³/mol. The molecule has 2 atom stereocenters. The number of ether oxygens (including phenoxy) is 2. The van der Waals surface area contributed by atoms with Gasteiger partial charge in [0.25, 0.3) is 0 Å². The van der Waals surface area contributed by atoms with E-state index in [-0.39, 0.29) is 59.4 Å². The molecule has 0 saturated heterocycles. The molecular weight excluding hydrogens is 546 g/mol. The summed E-state index contributed by atoms with van der Waals surface area (Å²) < 4.78 is 68.3. The van der Waals surface area contributed by atoms with Gasteiger partial charge < -0.3 is 25.6 Å². The largest absolute Gasteiger partial charge is 0.496 e. The van der Waals surface area contributed by atoms with Crippen molar-refractivity contribution in [3.8, 4) is 22.8 Å². The fourth-order valence-corrected chi connectivity index (χ4v) is 5.09. The number of nitrogens with zero attached hydrogens (tertiary/aromatic N) is 1. The molecule has 1 amide bonds. The second-order valence-corrected chi connectivity index (χ2v) is 10.5. The lowest BCUT2D eigenvalue weighted by molar-refractivity contribution is -0.270. The molecule has 0 bridgehead atoms. The Bertz CT molecular complexity index is 1520. The summed E-state index contributed by atoms with van der Waals surface area (Å²) in [5.41, 5.74) is 2.53. The number of carbonyl (C=O) groups is 2. The fourth-order valence-electron chi connectivity index (χ4n) is 5.09. The topological polar surface area (TPSA) is 124 Å². The Morgan fingerprint density at radius 2 is 1.93 bits per heavy atom. The maximum atomic E-state index is 14.6. The Morgan fingerprint density at radius 3 is 2.59 bits per heavy atom. The van der Waals surface area contributed by atoms with Gasteiger partial charge in [0, 0.05) is 35.2 Å². The van der Waals surface area contributed by atoms with Gasteiger partial charge in [-0.25, -0.2) is 9.37 Å². The summed E-state index contributed by atoms with van der Waals surface area (Å²) in [5, 5.41) is 13.9. The van der Waals surface area contributed by atoms with Gasteiger partial charge in [-0.15, -0.1) is 0 Å². The van der Waals surface area contributed by atoms with Gasteiger partial charge in [-0.3, -0.25) is 9.59 Å². The summed E-state index contributed by atoms with van der Waals surface area (Å²) in [6, 6.07) is 8.85. The first-order valence-corrected chi connectivity index (χ1v) is 12.8. The van der Waals surface area contributed by atoms with Crippen LogP contribution in [0.1, 0.15) is 52.5 Å². The number of ketones is 1. The van der Waals surface area contributed by atoms with Crippen LogP contribution in [0, 0.1) is 5.82 Å². The molecule has 0 fully saturated rings. The van der Waals surface area contributed by atoms with Crippen LogP contribution in [0.2, 0.25) is 0 Å². The molecule has 2 aromatic carbocycles. The third-order valence-corrected chi connectivity index (χ3v) is 7.49. The lowest BCUT2D eigenvalue weighted by Crippen LogP contribution is -2.44. The first-order valence-electron chi connectivity index (χ1n) is 12.8. The van der Waals surface area contributed by atoms with Crippen LogP contribution < -0.4 is 20.5 Å². The normalized spacial score (nSPS) is 19.5. The number of nitrogens with one attached hydrogen (secondary N) is 1. The highest BCUT2D eigenvalue weighted by Crippen LogP contribution is 2.48. The maximum Gasteiger partial charge on any atom is 0.422 e. The molecule has 41 heavy (non-hydrogen) atoms. The summed E-state index contributed by atoms with van der Waals surface area (Å²) in [7, 11) is 1.37. The van der Waals surface area contributed by atoms with Crippen molar-refractivity contribution >= 4 is 11.7 Å². The van der Waals surface area contributed by atoms with Gasteiger partial charge in [0.2, 0.25) is 11.5 Å². The van der Waals surface area contributed by atoms with Gasteiger partial charge in [-0.1, -0.05) is 0 Å². The zero-order valence-corrected chi connectivity index (χ0v) is 22.2. The number of alkyl halides is 3. The van der Waals surface area contributed by atoms with Crippen molar-refractivity contribution in [3.63, 3.8) is 0 Å². The van der Waals surface area contributed by atoms with E-state index in [0.717, 1.165) is 18.2 Å². The van der Waals surface area contributed by atoms with Crippen LogP contribution in [0.15, 0.2) is 42.5 Å². The lowest BCUT2D eigenvalue weighted by Gasteiger charge is -2.31. The van der Waals surface area contributed by atoms with Crippen LogP contribution in [-0.4, -0.2) is 41.7 Å². The molecule has 0 radical (unpaired) electrons. The molecule has 0 saturated carbocycles. The van der Waals surface area contributed by atoms with Crippen molar-refractivity contribution in [1.82, 2.24) is 10.3 Å². The standard InChI is InChI=1S/C29H27F4N3O5/c1-27(34)14-41-26-20(27)12-23(36-25(26)15-3-5-18(30)6-4-15)28(39,29(31,32)33)8-7-21(37)16-9-17-13-35-24(38)11-19(17)22(10-16)40-2/h3-6,9-10,12,39H,7-8,11,13-14,34H2,1-2H3,(H,35,38). The third-order valence-electron chi connectivity index (χ3n) is 7.49. The molecule has 1 aromatic heterocycles. The molecule has 3 heterocycles. The summed E-state index contributed by atoms with van der Waals surface area (Å²) in [5.74, 6) is -1.03. The lowest BCUT2D eigenvalue weighted by atomic mass is 9.86. The van der Waals surface area contributed by atoms with Crippen molar-refractivity contribution < 1.29 is 41.7 Å². The number of nitrogens with two attached hydrogens (primary N) is 1. The Morgan fingerprint density at radius 1 is 1.22 bits per heavy atom. The number of amides is 1. The molecule has 4 N–H and O–H groups in total. The van der Waals surface area contributed by atoms with Gasteiger partial charge in [-0.05, 0) is 61.4 Å². The Labute approximate surface area is 232 Å². The minimum absolute atomic E-state index is 0.0397. The number of Topliss-reactive ketones (excluding diaryl/α,β-unsaturated/α-hetero) is 1. The van der Waals surface area contributed by atoms with E-state index in [1.165, 1.54) is 31.4 Å². The van der Waals surface area contributed by atoms with E-state index in [1.54, 1.807) is 6.92 Å². The quantitative estimate of drug-likeness (QED) is 0.288. The Hall–Kier alpha value is -4.03. The molecule has 2 aliphatic heterocycles. The number of carbonyl (C=O) groups excluding carboxylic acids is 2. The zero-order chi connectivity index (χ0) is 29.7. The van der Waals surface area contributed by atoms with E-state index >= 15 is 0 Å². The van der Waals surface area contributed by atoms with Crippen molar-refractivity contribution in [2.45, 2.75) is 50.0 Å². The smallest absolute Gasteiger partial charge is 0.422 e. The van der Waals surface area contributed by atoms with Crippen LogP contribution in [0.5, 0.6) is 11.5 Å². The molecule has 0 aliphatic carbocycles. The number of methoxy groups -OCH3 is 1. The molecule has 3 aromatic rings. The molecule has 0 spiro atoms. The SMILES string of the molecule is COc1cc(C(=O)CCC(O)(c2cc3c(c(-c4ccc(F)cc4)n2)OCC3(C)N)C(F)(F)F)cc2c1CC(=O)NC2. The van der Waals surface area contributed by atoms with E-state index < -0.39 is 47.5 Å². The van der Waals surface area contributed by atoms with Crippen molar-refractivity contribution in [3.05, 3.63) is 76.2 Å².